The molecule has 0 unspecified atom stereocenters. The van der Waals surface area contributed by atoms with Crippen molar-refractivity contribution in [3.05, 3.63) is 78.1 Å². The number of halogens is 1. The van der Waals surface area contributed by atoms with Crippen LogP contribution in [0.5, 0.6) is 0 Å². The van der Waals surface area contributed by atoms with Crippen molar-refractivity contribution >= 4 is 11.6 Å². The maximum Gasteiger partial charge on any atom is 0.261 e. The average Bonchev–Trinajstić information content (AvgIpc) is 3.10. The van der Waals surface area contributed by atoms with Crippen molar-refractivity contribution in [3.63, 3.8) is 0 Å². The molecule has 0 saturated carbocycles. The van der Waals surface area contributed by atoms with Crippen LogP contribution < -0.4 is 4.90 Å². The van der Waals surface area contributed by atoms with Gasteiger partial charge >= 0.3 is 0 Å². The number of carbonyl (C=O) groups is 1. The molecule has 122 valence electrons. The molecule has 0 aliphatic heterocycles. The number of anilines is 1. The van der Waals surface area contributed by atoms with Gasteiger partial charge in [-0.1, -0.05) is 6.07 Å². The fourth-order valence-electron chi connectivity index (χ4n) is 2.38. The van der Waals surface area contributed by atoms with Gasteiger partial charge in [0.1, 0.15) is 5.82 Å². The molecule has 0 aliphatic carbocycles. The van der Waals surface area contributed by atoms with E-state index >= 15 is 0 Å². The van der Waals surface area contributed by atoms with Gasteiger partial charge in [0.25, 0.3) is 5.91 Å². The van der Waals surface area contributed by atoms with E-state index in [1.54, 1.807) is 46.5 Å². The molecule has 3 rings (SSSR count). The van der Waals surface area contributed by atoms with E-state index in [9.17, 15) is 9.18 Å². The minimum Gasteiger partial charge on any atom is -0.304 e. The Bertz CT molecular complexity index is 815. The molecular formula is C18H17FN4O. The van der Waals surface area contributed by atoms with Crippen molar-refractivity contribution in [1.29, 1.82) is 0 Å². The van der Waals surface area contributed by atoms with Crippen LogP contribution in [0.3, 0.4) is 0 Å². The molecule has 24 heavy (non-hydrogen) atoms. The zero-order valence-corrected chi connectivity index (χ0v) is 13.3. The summed E-state index contributed by atoms with van der Waals surface area (Å²) in [6.07, 6.45) is 6.64. The van der Waals surface area contributed by atoms with Crippen LogP contribution in [0.4, 0.5) is 10.1 Å². The number of aryl methyl sites for hydroxylation is 1. The molecule has 0 radical (unpaired) electrons. The first-order valence-electron chi connectivity index (χ1n) is 7.66. The van der Waals surface area contributed by atoms with Gasteiger partial charge in [0.2, 0.25) is 0 Å². The molecule has 0 saturated heterocycles. The third-order valence-electron chi connectivity index (χ3n) is 3.65. The molecule has 0 aliphatic rings. The minimum atomic E-state index is -0.341. The summed E-state index contributed by atoms with van der Waals surface area (Å²) in [5, 5.41) is 4.15. The summed E-state index contributed by atoms with van der Waals surface area (Å²) < 4.78 is 14.9. The van der Waals surface area contributed by atoms with E-state index in [1.165, 1.54) is 12.1 Å². The lowest BCUT2D eigenvalue weighted by Crippen LogP contribution is -2.30. The highest BCUT2D eigenvalue weighted by Crippen LogP contribution is 2.20. The monoisotopic (exact) mass is 324 g/mol. The van der Waals surface area contributed by atoms with Gasteiger partial charge in [0.05, 0.1) is 18.3 Å². The van der Waals surface area contributed by atoms with E-state index in [1.807, 2.05) is 19.1 Å². The van der Waals surface area contributed by atoms with E-state index in [-0.39, 0.29) is 11.7 Å². The second-order valence-electron chi connectivity index (χ2n) is 5.31. The van der Waals surface area contributed by atoms with Crippen LogP contribution in [0, 0.1) is 5.82 Å². The van der Waals surface area contributed by atoms with Crippen molar-refractivity contribution in [3.8, 4) is 0 Å². The molecule has 2 heterocycles. The van der Waals surface area contributed by atoms with Gasteiger partial charge in [-0.15, -0.1) is 0 Å². The number of aromatic nitrogens is 3. The smallest absolute Gasteiger partial charge is 0.261 e. The first kappa shape index (κ1) is 15.9. The molecule has 5 nitrogen and oxygen atoms in total. The summed E-state index contributed by atoms with van der Waals surface area (Å²) in [7, 11) is 0. The van der Waals surface area contributed by atoms with Gasteiger partial charge in [-0.25, -0.2) is 4.39 Å². The number of hydrogen-bond donors (Lipinski definition) is 0. The molecule has 2 aromatic heterocycles. The predicted molar refractivity (Wildman–Crippen MR) is 89.1 cm³/mol. The van der Waals surface area contributed by atoms with Crippen molar-refractivity contribution in [1.82, 2.24) is 14.8 Å². The fourth-order valence-corrected chi connectivity index (χ4v) is 2.38. The lowest BCUT2D eigenvalue weighted by Gasteiger charge is -2.22. The van der Waals surface area contributed by atoms with Gasteiger partial charge in [0, 0.05) is 30.8 Å². The third-order valence-corrected chi connectivity index (χ3v) is 3.65. The fraction of sp³-hybridized carbons (Fsp3) is 0.167. The van der Waals surface area contributed by atoms with Gasteiger partial charge < -0.3 is 4.90 Å². The molecule has 0 N–H and O–H groups in total. The Balaban J connectivity index is 1.94. The minimum absolute atomic E-state index is 0.190. The highest BCUT2D eigenvalue weighted by molar-refractivity contribution is 6.05. The van der Waals surface area contributed by atoms with Crippen LogP contribution >= 0.6 is 0 Å². The van der Waals surface area contributed by atoms with Crippen molar-refractivity contribution in [2.45, 2.75) is 20.0 Å². The first-order chi connectivity index (χ1) is 11.7. The number of benzene rings is 1. The molecule has 0 atom stereocenters. The highest BCUT2D eigenvalue weighted by atomic mass is 19.1. The molecular weight excluding hydrogens is 307 g/mol. The molecule has 1 aromatic carbocycles. The van der Waals surface area contributed by atoms with Crippen molar-refractivity contribution in [2.75, 3.05) is 4.90 Å². The Labute approximate surface area is 139 Å². The van der Waals surface area contributed by atoms with Crippen LogP contribution in [-0.4, -0.2) is 20.7 Å². The number of carbonyl (C=O) groups excluding carboxylic acids is 1. The van der Waals surface area contributed by atoms with Crippen LogP contribution in [0.2, 0.25) is 0 Å². The Morgan fingerprint density at radius 2 is 2.00 bits per heavy atom. The maximum atomic E-state index is 13.2. The SMILES string of the molecule is CCn1cc(C(=O)N(Cc2cccnc2)c2ccc(F)cc2)cn1. The maximum absolute atomic E-state index is 13.2. The zero-order chi connectivity index (χ0) is 16.9. The lowest BCUT2D eigenvalue weighted by atomic mass is 10.2. The molecule has 1 amide bonds. The topological polar surface area (TPSA) is 51.0 Å². The Morgan fingerprint density at radius 3 is 2.62 bits per heavy atom. The van der Waals surface area contributed by atoms with Crippen LogP contribution in [-0.2, 0) is 13.1 Å². The number of amides is 1. The summed E-state index contributed by atoms with van der Waals surface area (Å²) in [6.45, 7) is 2.98. The first-order valence-corrected chi connectivity index (χ1v) is 7.66. The van der Waals surface area contributed by atoms with E-state index in [4.69, 9.17) is 0 Å². The molecule has 3 aromatic rings. The third kappa shape index (κ3) is 3.48. The van der Waals surface area contributed by atoms with E-state index in [2.05, 4.69) is 10.1 Å². The van der Waals surface area contributed by atoms with Gasteiger partial charge in [-0.2, -0.15) is 5.10 Å². The number of nitrogens with zero attached hydrogens (tertiary/aromatic N) is 4. The Kier molecular flexibility index (Phi) is 4.65. The van der Waals surface area contributed by atoms with Crippen molar-refractivity contribution < 1.29 is 9.18 Å². The van der Waals surface area contributed by atoms with E-state index < -0.39 is 0 Å². The highest BCUT2D eigenvalue weighted by Gasteiger charge is 2.20. The quantitative estimate of drug-likeness (QED) is 0.724. The average molecular weight is 324 g/mol. The molecule has 0 spiro atoms. The number of rotatable bonds is 5. The predicted octanol–water partition coefficient (Wildman–Crippen LogP) is 3.28. The second kappa shape index (κ2) is 7.04. The van der Waals surface area contributed by atoms with Gasteiger partial charge in [-0.3, -0.25) is 14.5 Å². The summed E-state index contributed by atoms with van der Waals surface area (Å²) in [5.41, 5.74) is 2.00. The molecule has 6 heteroatoms. The van der Waals surface area contributed by atoms with E-state index in [0.29, 0.717) is 24.3 Å². The Morgan fingerprint density at radius 1 is 1.21 bits per heavy atom. The van der Waals surface area contributed by atoms with Gasteiger partial charge in [-0.05, 0) is 42.8 Å². The Hall–Kier alpha value is -3.02. The summed E-state index contributed by atoms with van der Waals surface area (Å²) >= 11 is 0. The summed E-state index contributed by atoms with van der Waals surface area (Å²) in [6, 6.07) is 9.58. The largest absolute Gasteiger partial charge is 0.304 e. The number of hydrogen-bond acceptors (Lipinski definition) is 3. The van der Waals surface area contributed by atoms with Gasteiger partial charge in [0.15, 0.2) is 0 Å². The van der Waals surface area contributed by atoms with Crippen LogP contribution in [0.15, 0.2) is 61.2 Å². The molecule has 0 bridgehead atoms. The zero-order valence-electron chi connectivity index (χ0n) is 13.3. The van der Waals surface area contributed by atoms with Crippen LogP contribution in [0.25, 0.3) is 0 Å². The normalized spacial score (nSPS) is 10.6. The second-order valence-corrected chi connectivity index (χ2v) is 5.31. The van der Waals surface area contributed by atoms with Crippen LogP contribution in [0.1, 0.15) is 22.8 Å². The van der Waals surface area contributed by atoms with Crippen molar-refractivity contribution in [2.24, 2.45) is 0 Å². The number of pyridine rings is 1. The molecule has 0 fully saturated rings. The van der Waals surface area contributed by atoms with E-state index in [0.717, 1.165) is 5.56 Å². The standard InChI is InChI=1S/C18H17FN4O/c1-2-22-13-15(11-21-22)18(24)23(12-14-4-3-9-20-10-14)17-7-5-16(19)6-8-17/h3-11,13H,2,12H2,1H3. The lowest BCUT2D eigenvalue weighted by molar-refractivity contribution is 0.0985. The summed E-state index contributed by atoms with van der Waals surface area (Å²) in [4.78, 5) is 18.6. The summed E-state index contributed by atoms with van der Waals surface area (Å²) in [5.74, 6) is -0.531.